The highest BCUT2D eigenvalue weighted by Crippen LogP contribution is 2.36. The number of fused-ring (bicyclic) bond motifs is 3. The topological polar surface area (TPSA) is 46.2 Å². The molecule has 0 saturated carbocycles. The number of nitrogens with one attached hydrogen (secondary N) is 1. The second-order valence-electron chi connectivity index (χ2n) is 6.41. The highest BCUT2D eigenvalue weighted by atomic mass is 16.1. The molecule has 3 nitrogen and oxygen atoms in total. The van der Waals surface area contributed by atoms with Crippen molar-refractivity contribution in [3.63, 3.8) is 0 Å². The molecule has 0 radical (unpaired) electrons. The minimum absolute atomic E-state index is 0.0215. The van der Waals surface area contributed by atoms with E-state index in [2.05, 4.69) is 5.32 Å². The van der Waals surface area contributed by atoms with Crippen molar-refractivity contribution in [1.29, 1.82) is 0 Å². The van der Waals surface area contributed by atoms with Crippen LogP contribution in [0.25, 0.3) is 11.1 Å². The van der Waals surface area contributed by atoms with Gasteiger partial charge in [0.2, 0.25) is 0 Å². The lowest BCUT2D eigenvalue weighted by molar-refractivity contribution is 0.102. The number of aryl methyl sites for hydroxylation is 2. The molecule has 3 aromatic carbocycles. The maximum Gasteiger partial charge on any atom is 0.255 e. The first-order chi connectivity index (χ1) is 12.0. The van der Waals surface area contributed by atoms with Gasteiger partial charge in [-0.15, -0.1) is 0 Å². The maximum absolute atomic E-state index is 12.6. The third-order valence-corrected chi connectivity index (χ3v) is 4.62. The van der Waals surface area contributed by atoms with Crippen molar-refractivity contribution < 1.29 is 9.59 Å². The van der Waals surface area contributed by atoms with Crippen molar-refractivity contribution >= 4 is 17.4 Å². The number of carbonyl (C=O) groups is 2. The van der Waals surface area contributed by atoms with Crippen LogP contribution in [0.1, 0.15) is 37.4 Å². The van der Waals surface area contributed by atoms with Crippen LogP contribution in [-0.4, -0.2) is 11.7 Å². The van der Waals surface area contributed by atoms with E-state index in [9.17, 15) is 9.59 Å². The summed E-state index contributed by atoms with van der Waals surface area (Å²) >= 11 is 0. The van der Waals surface area contributed by atoms with Gasteiger partial charge in [0, 0.05) is 22.4 Å². The van der Waals surface area contributed by atoms with Crippen LogP contribution in [0, 0.1) is 13.8 Å². The fraction of sp³-hybridized carbons (Fsp3) is 0.0909. The van der Waals surface area contributed by atoms with Gasteiger partial charge in [0.05, 0.1) is 0 Å². The number of benzene rings is 3. The van der Waals surface area contributed by atoms with Crippen LogP contribution in [0.15, 0.2) is 60.7 Å². The summed E-state index contributed by atoms with van der Waals surface area (Å²) in [5.74, 6) is -0.231. The minimum Gasteiger partial charge on any atom is -0.322 e. The van der Waals surface area contributed by atoms with Gasteiger partial charge in [-0.2, -0.15) is 0 Å². The first-order valence-electron chi connectivity index (χ1n) is 8.21. The van der Waals surface area contributed by atoms with Crippen molar-refractivity contribution in [2.45, 2.75) is 13.8 Å². The Morgan fingerprint density at radius 3 is 2.28 bits per heavy atom. The van der Waals surface area contributed by atoms with Crippen LogP contribution < -0.4 is 5.32 Å². The predicted molar refractivity (Wildman–Crippen MR) is 99.2 cm³/mol. The Morgan fingerprint density at radius 2 is 1.52 bits per heavy atom. The quantitative estimate of drug-likeness (QED) is 0.576. The fourth-order valence-corrected chi connectivity index (χ4v) is 3.32. The van der Waals surface area contributed by atoms with Crippen molar-refractivity contribution in [3.05, 3.63) is 88.5 Å². The van der Waals surface area contributed by atoms with E-state index in [1.54, 1.807) is 12.1 Å². The van der Waals surface area contributed by atoms with E-state index in [0.717, 1.165) is 27.9 Å². The first kappa shape index (κ1) is 15.3. The number of amides is 1. The molecule has 0 saturated heterocycles. The Kier molecular flexibility index (Phi) is 3.50. The number of rotatable bonds is 2. The molecule has 25 heavy (non-hydrogen) atoms. The Bertz CT molecular complexity index is 1030. The molecule has 0 unspecified atom stereocenters. The van der Waals surface area contributed by atoms with Gasteiger partial charge in [-0.05, 0) is 48.7 Å². The zero-order valence-electron chi connectivity index (χ0n) is 14.1. The van der Waals surface area contributed by atoms with Crippen LogP contribution in [0.2, 0.25) is 0 Å². The Morgan fingerprint density at radius 1 is 0.800 bits per heavy atom. The smallest absolute Gasteiger partial charge is 0.255 e. The molecule has 0 heterocycles. The van der Waals surface area contributed by atoms with Crippen LogP contribution in [0.4, 0.5) is 5.69 Å². The largest absolute Gasteiger partial charge is 0.322 e. The number of carbonyl (C=O) groups excluding carboxylic acids is 2. The SMILES string of the molecule is Cc1ccc(NC(=O)c2ccc3c(c2)C(=O)c2ccccc2-3)c(C)c1. The van der Waals surface area contributed by atoms with E-state index in [1.807, 2.05) is 62.4 Å². The molecule has 0 aliphatic heterocycles. The van der Waals surface area contributed by atoms with Gasteiger partial charge in [-0.25, -0.2) is 0 Å². The van der Waals surface area contributed by atoms with Crippen molar-refractivity contribution in [3.8, 4) is 11.1 Å². The molecule has 0 atom stereocenters. The van der Waals surface area contributed by atoms with Crippen molar-refractivity contribution in [2.24, 2.45) is 0 Å². The molecule has 0 aromatic heterocycles. The summed E-state index contributed by atoms with van der Waals surface area (Å²) in [5, 5.41) is 2.93. The number of hydrogen-bond acceptors (Lipinski definition) is 2. The van der Waals surface area contributed by atoms with Crippen LogP contribution in [0.3, 0.4) is 0 Å². The zero-order chi connectivity index (χ0) is 17.6. The summed E-state index contributed by atoms with van der Waals surface area (Å²) in [7, 11) is 0. The number of anilines is 1. The van der Waals surface area contributed by atoms with E-state index in [1.165, 1.54) is 0 Å². The molecule has 0 spiro atoms. The van der Waals surface area contributed by atoms with E-state index in [-0.39, 0.29) is 11.7 Å². The monoisotopic (exact) mass is 327 g/mol. The molecule has 3 aromatic rings. The van der Waals surface area contributed by atoms with E-state index in [0.29, 0.717) is 16.7 Å². The van der Waals surface area contributed by atoms with Crippen molar-refractivity contribution in [1.82, 2.24) is 0 Å². The summed E-state index contributed by atoms with van der Waals surface area (Å²) in [6, 6.07) is 18.8. The van der Waals surface area contributed by atoms with Crippen molar-refractivity contribution in [2.75, 3.05) is 5.32 Å². The van der Waals surface area contributed by atoms with Gasteiger partial charge >= 0.3 is 0 Å². The summed E-state index contributed by atoms with van der Waals surface area (Å²) in [4.78, 5) is 25.2. The third kappa shape index (κ3) is 2.54. The number of ketones is 1. The van der Waals surface area contributed by atoms with Gasteiger partial charge in [0.15, 0.2) is 5.78 Å². The lowest BCUT2D eigenvalue weighted by atomic mass is 10.0. The third-order valence-electron chi connectivity index (χ3n) is 4.62. The average Bonchev–Trinajstić information content (AvgIpc) is 2.90. The first-order valence-corrected chi connectivity index (χ1v) is 8.21. The molecule has 1 N–H and O–H groups in total. The van der Waals surface area contributed by atoms with Gasteiger partial charge in [-0.1, -0.05) is 48.0 Å². The van der Waals surface area contributed by atoms with Gasteiger partial charge in [0.1, 0.15) is 0 Å². The fourth-order valence-electron chi connectivity index (χ4n) is 3.32. The molecular weight excluding hydrogens is 310 g/mol. The Labute approximate surface area is 146 Å². The summed E-state index contributed by atoms with van der Waals surface area (Å²) < 4.78 is 0. The molecule has 0 bridgehead atoms. The standard InChI is InChI=1S/C22H17NO2/c1-13-7-10-20(14(2)11-13)23-22(25)15-8-9-17-16-5-3-4-6-18(16)21(24)19(17)12-15/h3-12H,1-2H3,(H,23,25). The number of hydrogen-bond donors (Lipinski definition) is 1. The Balaban J connectivity index is 1.67. The van der Waals surface area contributed by atoms with Crippen LogP contribution in [-0.2, 0) is 0 Å². The van der Waals surface area contributed by atoms with E-state index in [4.69, 9.17) is 0 Å². The maximum atomic E-state index is 12.6. The summed E-state index contributed by atoms with van der Waals surface area (Å²) in [6.45, 7) is 3.98. The van der Waals surface area contributed by atoms with E-state index >= 15 is 0 Å². The molecule has 3 heteroatoms. The zero-order valence-corrected chi connectivity index (χ0v) is 14.1. The lowest BCUT2D eigenvalue weighted by Gasteiger charge is -2.10. The predicted octanol–water partition coefficient (Wildman–Crippen LogP) is 4.77. The molecular formula is C22H17NO2. The van der Waals surface area contributed by atoms with Crippen LogP contribution >= 0.6 is 0 Å². The highest BCUT2D eigenvalue weighted by Gasteiger charge is 2.27. The normalized spacial score (nSPS) is 11.8. The average molecular weight is 327 g/mol. The summed E-state index contributed by atoms with van der Waals surface area (Å²) in [5.41, 5.74) is 6.55. The Hall–Kier alpha value is -3.20. The molecule has 4 rings (SSSR count). The molecule has 122 valence electrons. The van der Waals surface area contributed by atoms with E-state index < -0.39 is 0 Å². The second kappa shape index (κ2) is 5.71. The lowest BCUT2D eigenvalue weighted by Crippen LogP contribution is -2.13. The molecule has 0 fully saturated rings. The van der Waals surface area contributed by atoms with Gasteiger partial charge in [0.25, 0.3) is 5.91 Å². The highest BCUT2D eigenvalue weighted by molar-refractivity contribution is 6.22. The minimum atomic E-state index is -0.210. The van der Waals surface area contributed by atoms with Gasteiger partial charge < -0.3 is 5.32 Å². The van der Waals surface area contributed by atoms with Gasteiger partial charge in [-0.3, -0.25) is 9.59 Å². The second-order valence-corrected chi connectivity index (χ2v) is 6.41. The summed E-state index contributed by atoms with van der Waals surface area (Å²) in [6.07, 6.45) is 0. The molecule has 1 amide bonds. The van der Waals surface area contributed by atoms with Crippen LogP contribution in [0.5, 0.6) is 0 Å². The molecule has 1 aliphatic rings. The molecule has 1 aliphatic carbocycles.